The van der Waals surface area contributed by atoms with E-state index in [0.717, 1.165) is 12.1 Å². The summed E-state index contributed by atoms with van der Waals surface area (Å²) >= 11 is 3.08. The lowest BCUT2D eigenvalue weighted by atomic mass is 10.2. The molecule has 0 unspecified atom stereocenters. The van der Waals surface area contributed by atoms with Crippen molar-refractivity contribution in [3.05, 3.63) is 64.1 Å². The fraction of sp³-hybridized carbons (Fsp3) is 0.125. The third-order valence-corrected chi connectivity index (χ3v) is 3.39. The first-order valence-corrected chi connectivity index (χ1v) is 7.38. The third-order valence-electron chi connectivity index (χ3n) is 2.90. The zero-order valence-electron chi connectivity index (χ0n) is 12.0. The molecule has 0 aromatic heterocycles. The van der Waals surface area contributed by atoms with E-state index in [1.165, 1.54) is 37.3 Å². The number of carbonyl (C=O) groups is 2. The Balaban J connectivity index is 2.01. The van der Waals surface area contributed by atoms with Crippen LogP contribution in [0.3, 0.4) is 0 Å². The maximum atomic E-state index is 13.7. The van der Waals surface area contributed by atoms with Crippen LogP contribution in [0.25, 0.3) is 0 Å². The van der Waals surface area contributed by atoms with Crippen LogP contribution in [0.4, 0.5) is 14.5 Å². The fourth-order valence-corrected chi connectivity index (χ4v) is 2.08. The largest absolute Gasteiger partial charge is 0.449 e. The summed E-state index contributed by atoms with van der Waals surface area (Å²) < 4.78 is 32.1. The molecular weight excluding hydrogens is 372 g/mol. The monoisotopic (exact) mass is 383 g/mol. The summed E-state index contributed by atoms with van der Waals surface area (Å²) in [6, 6.07) is 9.13. The molecule has 0 saturated carbocycles. The van der Waals surface area contributed by atoms with Crippen molar-refractivity contribution in [2.24, 2.45) is 0 Å². The zero-order valence-corrected chi connectivity index (χ0v) is 13.6. The average molecular weight is 384 g/mol. The van der Waals surface area contributed by atoms with E-state index in [-0.39, 0.29) is 11.3 Å². The molecule has 1 amide bonds. The van der Waals surface area contributed by atoms with Crippen molar-refractivity contribution >= 4 is 33.5 Å². The first-order valence-electron chi connectivity index (χ1n) is 6.59. The molecule has 7 heteroatoms. The average Bonchev–Trinajstić information content (AvgIpc) is 2.46. The van der Waals surface area contributed by atoms with Gasteiger partial charge in [-0.15, -0.1) is 0 Å². The number of amides is 1. The molecule has 1 atom stereocenters. The second-order valence-corrected chi connectivity index (χ2v) is 5.59. The van der Waals surface area contributed by atoms with Gasteiger partial charge in [-0.25, -0.2) is 13.6 Å². The quantitative estimate of drug-likeness (QED) is 0.814. The molecule has 0 bridgehead atoms. The minimum atomic E-state index is -1.17. The minimum Gasteiger partial charge on any atom is -0.449 e. The van der Waals surface area contributed by atoms with Crippen LogP contribution in [-0.2, 0) is 9.53 Å². The van der Waals surface area contributed by atoms with Crippen molar-refractivity contribution in [2.45, 2.75) is 13.0 Å². The molecule has 0 aliphatic heterocycles. The standard InChI is InChI=1S/C16H12BrF2NO3/c1-9(15(21)20-12-4-2-3-11(18)8-12)23-16(22)13-6-5-10(17)7-14(13)19/h2-9H,1H3,(H,20,21)/t9-/m0/s1. The normalized spacial score (nSPS) is 11.7. The summed E-state index contributed by atoms with van der Waals surface area (Å²) in [4.78, 5) is 23.8. The van der Waals surface area contributed by atoms with Gasteiger partial charge in [0.1, 0.15) is 11.6 Å². The SMILES string of the molecule is C[C@H](OC(=O)c1ccc(Br)cc1F)C(=O)Nc1cccc(F)c1. The first-order chi connectivity index (χ1) is 10.9. The number of esters is 1. The number of nitrogens with one attached hydrogen (secondary N) is 1. The van der Waals surface area contributed by atoms with Crippen molar-refractivity contribution < 1.29 is 23.1 Å². The summed E-state index contributed by atoms with van der Waals surface area (Å²) in [5, 5.41) is 2.41. The molecule has 23 heavy (non-hydrogen) atoms. The van der Waals surface area contributed by atoms with Crippen LogP contribution in [0.15, 0.2) is 46.9 Å². The summed E-state index contributed by atoms with van der Waals surface area (Å²) in [7, 11) is 0. The second kappa shape index (κ2) is 7.32. The molecule has 2 aromatic carbocycles. The van der Waals surface area contributed by atoms with Gasteiger partial charge < -0.3 is 10.1 Å². The highest BCUT2D eigenvalue weighted by molar-refractivity contribution is 9.10. The fourth-order valence-electron chi connectivity index (χ4n) is 1.74. The van der Waals surface area contributed by atoms with E-state index in [0.29, 0.717) is 4.47 Å². The smallest absolute Gasteiger partial charge is 0.341 e. The molecular formula is C16H12BrF2NO3. The van der Waals surface area contributed by atoms with Gasteiger partial charge in [-0.1, -0.05) is 22.0 Å². The highest BCUT2D eigenvalue weighted by Gasteiger charge is 2.21. The Morgan fingerprint density at radius 2 is 1.91 bits per heavy atom. The molecule has 0 radical (unpaired) electrons. The van der Waals surface area contributed by atoms with Crippen molar-refractivity contribution in [1.29, 1.82) is 0 Å². The number of hydrogen-bond donors (Lipinski definition) is 1. The van der Waals surface area contributed by atoms with Crippen LogP contribution in [0.2, 0.25) is 0 Å². The van der Waals surface area contributed by atoms with Crippen LogP contribution in [0.1, 0.15) is 17.3 Å². The van der Waals surface area contributed by atoms with Gasteiger partial charge in [0, 0.05) is 10.2 Å². The number of benzene rings is 2. The van der Waals surface area contributed by atoms with E-state index < -0.39 is 29.6 Å². The van der Waals surface area contributed by atoms with Gasteiger partial charge >= 0.3 is 5.97 Å². The molecule has 0 saturated heterocycles. The Morgan fingerprint density at radius 1 is 1.17 bits per heavy atom. The molecule has 2 rings (SSSR count). The third kappa shape index (κ3) is 4.59. The Hall–Kier alpha value is -2.28. The van der Waals surface area contributed by atoms with Crippen LogP contribution in [0, 0.1) is 11.6 Å². The van der Waals surface area contributed by atoms with Crippen molar-refractivity contribution in [2.75, 3.05) is 5.32 Å². The van der Waals surface area contributed by atoms with Gasteiger partial charge in [0.2, 0.25) is 0 Å². The number of ether oxygens (including phenoxy) is 1. The summed E-state index contributed by atoms with van der Waals surface area (Å²) in [5.41, 5.74) is -0.0497. The summed E-state index contributed by atoms with van der Waals surface area (Å²) in [6.07, 6.45) is -1.17. The Morgan fingerprint density at radius 3 is 2.57 bits per heavy atom. The van der Waals surface area contributed by atoms with Crippen molar-refractivity contribution in [3.63, 3.8) is 0 Å². The lowest BCUT2D eigenvalue weighted by Crippen LogP contribution is -2.30. The zero-order chi connectivity index (χ0) is 17.0. The Kier molecular flexibility index (Phi) is 5.44. The number of rotatable bonds is 4. The molecule has 0 aliphatic carbocycles. The van der Waals surface area contributed by atoms with E-state index in [4.69, 9.17) is 4.74 Å². The van der Waals surface area contributed by atoms with Gasteiger partial charge in [0.05, 0.1) is 5.56 Å². The van der Waals surface area contributed by atoms with Crippen molar-refractivity contribution in [3.8, 4) is 0 Å². The molecule has 0 spiro atoms. The first kappa shape index (κ1) is 17.1. The summed E-state index contributed by atoms with van der Waals surface area (Å²) in [6.45, 7) is 1.34. The van der Waals surface area contributed by atoms with Gasteiger partial charge in [-0.3, -0.25) is 4.79 Å². The molecule has 2 aromatic rings. The van der Waals surface area contributed by atoms with Crippen LogP contribution in [0.5, 0.6) is 0 Å². The van der Waals surface area contributed by atoms with Crippen molar-refractivity contribution in [1.82, 2.24) is 0 Å². The predicted octanol–water partition coefficient (Wildman–Crippen LogP) is 3.91. The van der Waals surface area contributed by atoms with Gasteiger partial charge in [0.15, 0.2) is 6.10 Å². The molecule has 0 aliphatic rings. The van der Waals surface area contributed by atoms with Crippen LogP contribution in [-0.4, -0.2) is 18.0 Å². The van der Waals surface area contributed by atoms with Gasteiger partial charge in [0.25, 0.3) is 5.91 Å². The Bertz CT molecular complexity index is 752. The lowest BCUT2D eigenvalue weighted by molar-refractivity contribution is -0.123. The van der Waals surface area contributed by atoms with Crippen LogP contribution < -0.4 is 5.32 Å². The maximum Gasteiger partial charge on any atom is 0.341 e. The minimum absolute atomic E-state index is 0.229. The molecule has 0 heterocycles. The van der Waals surface area contributed by atoms with E-state index >= 15 is 0 Å². The van der Waals surface area contributed by atoms with Crippen LogP contribution >= 0.6 is 15.9 Å². The number of carbonyl (C=O) groups excluding carboxylic acids is 2. The van der Waals surface area contributed by atoms with E-state index in [9.17, 15) is 18.4 Å². The number of hydrogen-bond acceptors (Lipinski definition) is 3. The maximum absolute atomic E-state index is 13.7. The lowest BCUT2D eigenvalue weighted by Gasteiger charge is -2.14. The molecule has 0 fully saturated rings. The van der Waals surface area contributed by atoms with E-state index in [1.54, 1.807) is 0 Å². The number of anilines is 1. The Labute approximate surface area is 139 Å². The van der Waals surface area contributed by atoms with E-state index in [1.807, 2.05) is 0 Å². The van der Waals surface area contributed by atoms with Gasteiger partial charge in [-0.05, 0) is 43.3 Å². The van der Waals surface area contributed by atoms with Gasteiger partial charge in [-0.2, -0.15) is 0 Å². The topological polar surface area (TPSA) is 55.4 Å². The predicted molar refractivity (Wildman–Crippen MR) is 84.0 cm³/mol. The molecule has 4 nitrogen and oxygen atoms in total. The highest BCUT2D eigenvalue weighted by atomic mass is 79.9. The molecule has 1 N–H and O–H groups in total. The molecule has 120 valence electrons. The van der Waals surface area contributed by atoms with E-state index in [2.05, 4.69) is 21.2 Å². The second-order valence-electron chi connectivity index (χ2n) is 4.67. The summed E-state index contributed by atoms with van der Waals surface area (Å²) in [5.74, 6) is -2.88. The number of halogens is 3. The highest BCUT2D eigenvalue weighted by Crippen LogP contribution is 2.17.